The topological polar surface area (TPSA) is 32.5 Å². The number of hydrogen-bond donors (Lipinski definition) is 0. The van der Waals surface area contributed by atoms with Crippen LogP contribution in [0.25, 0.3) is 22.1 Å². The number of aromatic nitrogens is 1. The molecule has 0 bridgehead atoms. The van der Waals surface area contributed by atoms with Crippen molar-refractivity contribution in [3.05, 3.63) is 90.1 Å². The maximum atomic E-state index is 7.71. The lowest BCUT2D eigenvalue weighted by Crippen LogP contribution is -2.25. The number of hydrogen-bond acceptors (Lipinski definition) is 4. The van der Waals surface area contributed by atoms with Crippen molar-refractivity contribution in [3.63, 3.8) is 0 Å². The van der Waals surface area contributed by atoms with Crippen LogP contribution < -0.4 is 9.80 Å². The molecule has 5 aromatic rings. The molecule has 0 atom stereocenters. The van der Waals surface area contributed by atoms with Gasteiger partial charge >= 0.3 is 0 Å². The molecule has 0 unspecified atom stereocenters. The van der Waals surface area contributed by atoms with Crippen molar-refractivity contribution in [2.45, 2.75) is 26.6 Å². The van der Waals surface area contributed by atoms with E-state index in [2.05, 4.69) is 71.1 Å². The molecule has 0 radical (unpaired) electrons. The van der Waals surface area contributed by atoms with E-state index >= 15 is 0 Å². The lowest BCUT2D eigenvalue weighted by Gasteiger charge is -2.25. The third-order valence-electron chi connectivity index (χ3n) is 6.23. The SMILES string of the molecule is [2H]C([2H])([2H])c1ccc2c(n1)oc1c(N3CN(c4ccccc4C(C)C)c4ccccc43)cccc12. The molecule has 2 aromatic heterocycles. The summed E-state index contributed by atoms with van der Waals surface area (Å²) in [5.41, 5.74) is 6.72. The summed E-state index contributed by atoms with van der Waals surface area (Å²) in [4.78, 5) is 8.93. The Morgan fingerprint density at radius 2 is 1.47 bits per heavy atom. The highest BCUT2D eigenvalue weighted by atomic mass is 16.3. The van der Waals surface area contributed by atoms with Gasteiger partial charge < -0.3 is 14.2 Å². The van der Waals surface area contributed by atoms with E-state index in [1.807, 2.05) is 24.3 Å². The zero-order chi connectivity index (χ0) is 24.3. The van der Waals surface area contributed by atoms with Crippen molar-refractivity contribution in [2.24, 2.45) is 0 Å². The summed E-state index contributed by atoms with van der Waals surface area (Å²) < 4.78 is 29.4. The Kier molecular flexibility index (Phi) is 3.55. The Morgan fingerprint density at radius 3 is 2.22 bits per heavy atom. The highest BCUT2D eigenvalue weighted by molar-refractivity contribution is 6.09. The second-order valence-corrected chi connectivity index (χ2v) is 8.50. The summed E-state index contributed by atoms with van der Waals surface area (Å²) in [6.07, 6.45) is 0. The number of furan rings is 1. The molecule has 0 spiro atoms. The number of aryl methyl sites for hydroxylation is 1. The molecule has 0 fully saturated rings. The van der Waals surface area contributed by atoms with E-state index in [1.54, 1.807) is 12.1 Å². The van der Waals surface area contributed by atoms with Crippen LogP contribution in [-0.4, -0.2) is 11.7 Å². The number of benzene rings is 3. The average molecular weight is 423 g/mol. The van der Waals surface area contributed by atoms with Crippen molar-refractivity contribution >= 4 is 44.8 Å². The van der Waals surface area contributed by atoms with Crippen LogP contribution in [0.1, 0.15) is 35.1 Å². The molecule has 0 saturated heterocycles. The smallest absolute Gasteiger partial charge is 0.227 e. The Morgan fingerprint density at radius 1 is 0.781 bits per heavy atom. The first-order valence-corrected chi connectivity index (χ1v) is 10.9. The van der Waals surface area contributed by atoms with Gasteiger partial charge in [0.05, 0.1) is 17.1 Å². The van der Waals surface area contributed by atoms with Crippen molar-refractivity contribution in [2.75, 3.05) is 16.5 Å². The molecule has 1 aliphatic heterocycles. The largest absolute Gasteiger partial charge is 0.435 e. The molecule has 1 aliphatic rings. The Balaban J connectivity index is 1.51. The number of anilines is 4. The zero-order valence-electron chi connectivity index (χ0n) is 21.0. The summed E-state index contributed by atoms with van der Waals surface area (Å²) >= 11 is 0. The summed E-state index contributed by atoms with van der Waals surface area (Å²) in [6.45, 7) is 2.78. The predicted octanol–water partition coefficient (Wildman–Crippen LogP) is 7.66. The van der Waals surface area contributed by atoms with Crippen LogP contribution in [0.5, 0.6) is 0 Å². The van der Waals surface area contributed by atoms with Crippen molar-refractivity contribution in [1.29, 1.82) is 0 Å². The zero-order valence-corrected chi connectivity index (χ0v) is 18.0. The molecule has 6 rings (SSSR count). The van der Waals surface area contributed by atoms with Gasteiger partial charge in [0, 0.05) is 26.3 Å². The molecule has 158 valence electrons. The first-order chi connectivity index (χ1) is 16.8. The minimum atomic E-state index is -2.28. The van der Waals surface area contributed by atoms with E-state index in [-0.39, 0.29) is 5.69 Å². The standard InChI is InChI=1S/C28H25N3O/c1-18(2)20-9-4-5-11-23(20)30-17-31(25-13-7-6-12-24(25)30)26-14-8-10-21-22-16-15-19(3)29-28(22)32-27(21)26/h4-16,18H,17H2,1-3H3/i3D3. The Hall–Kier alpha value is -3.79. The van der Waals surface area contributed by atoms with Crippen LogP contribution in [0.3, 0.4) is 0 Å². The summed E-state index contributed by atoms with van der Waals surface area (Å²) in [5.74, 6) is 0.393. The fourth-order valence-electron chi connectivity index (χ4n) is 4.72. The van der Waals surface area contributed by atoms with E-state index < -0.39 is 6.85 Å². The van der Waals surface area contributed by atoms with Gasteiger partial charge in [0.15, 0.2) is 5.58 Å². The Labute approximate surface area is 191 Å². The molecule has 0 saturated carbocycles. The van der Waals surface area contributed by atoms with Gasteiger partial charge in [0.25, 0.3) is 0 Å². The van der Waals surface area contributed by atoms with Crippen LogP contribution in [0.4, 0.5) is 22.7 Å². The molecular weight excluding hydrogens is 394 g/mol. The van der Waals surface area contributed by atoms with Gasteiger partial charge in [-0.15, -0.1) is 0 Å². The van der Waals surface area contributed by atoms with Crippen LogP contribution in [0.15, 0.2) is 83.3 Å². The monoisotopic (exact) mass is 422 g/mol. The summed E-state index contributed by atoms with van der Waals surface area (Å²) in [7, 11) is 0. The van der Waals surface area contributed by atoms with Crippen molar-refractivity contribution in [1.82, 2.24) is 4.98 Å². The maximum absolute atomic E-state index is 7.71. The van der Waals surface area contributed by atoms with Gasteiger partial charge in [-0.3, -0.25) is 0 Å². The van der Waals surface area contributed by atoms with Gasteiger partial charge in [-0.05, 0) is 54.7 Å². The highest BCUT2D eigenvalue weighted by Crippen LogP contribution is 2.47. The van der Waals surface area contributed by atoms with E-state index in [1.165, 1.54) is 11.3 Å². The number of rotatable bonds is 3. The van der Waals surface area contributed by atoms with Gasteiger partial charge in [0.2, 0.25) is 5.71 Å². The molecule has 32 heavy (non-hydrogen) atoms. The van der Waals surface area contributed by atoms with E-state index in [0.717, 1.165) is 27.8 Å². The average Bonchev–Trinajstić information content (AvgIpc) is 3.42. The number of pyridine rings is 1. The lowest BCUT2D eigenvalue weighted by molar-refractivity contribution is 0.652. The van der Waals surface area contributed by atoms with Gasteiger partial charge in [-0.2, -0.15) is 0 Å². The molecule has 0 aliphatic carbocycles. The minimum Gasteiger partial charge on any atom is -0.435 e. The highest BCUT2D eigenvalue weighted by Gasteiger charge is 2.31. The first-order valence-electron chi connectivity index (χ1n) is 12.4. The fourth-order valence-corrected chi connectivity index (χ4v) is 4.72. The van der Waals surface area contributed by atoms with E-state index in [4.69, 9.17) is 8.53 Å². The normalized spacial score (nSPS) is 15.3. The minimum absolute atomic E-state index is 0.0357. The van der Waals surface area contributed by atoms with Gasteiger partial charge in [0.1, 0.15) is 6.67 Å². The maximum Gasteiger partial charge on any atom is 0.227 e. The van der Waals surface area contributed by atoms with Crippen LogP contribution in [0.2, 0.25) is 0 Å². The van der Waals surface area contributed by atoms with Crippen LogP contribution in [-0.2, 0) is 0 Å². The number of para-hydroxylation sites is 4. The second-order valence-electron chi connectivity index (χ2n) is 8.50. The van der Waals surface area contributed by atoms with Crippen LogP contribution >= 0.6 is 0 Å². The quantitative estimate of drug-likeness (QED) is 0.299. The summed E-state index contributed by atoms with van der Waals surface area (Å²) in [5, 5.41) is 1.73. The molecule has 3 heterocycles. The molecule has 0 N–H and O–H groups in total. The van der Waals surface area contributed by atoms with Gasteiger partial charge in [-0.25, -0.2) is 4.98 Å². The molecule has 0 amide bonds. The molecule has 3 aromatic carbocycles. The first kappa shape index (κ1) is 15.9. The lowest BCUT2D eigenvalue weighted by atomic mass is 10.0. The van der Waals surface area contributed by atoms with E-state index in [0.29, 0.717) is 23.9 Å². The van der Waals surface area contributed by atoms with Crippen molar-refractivity contribution in [3.8, 4) is 0 Å². The predicted molar refractivity (Wildman–Crippen MR) is 132 cm³/mol. The number of fused-ring (bicyclic) bond motifs is 4. The molecule has 4 nitrogen and oxygen atoms in total. The van der Waals surface area contributed by atoms with Crippen molar-refractivity contribution < 1.29 is 8.53 Å². The van der Waals surface area contributed by atoms with Crippen LogP contribution in [0, 0.1) is 6.85 Å². The van der Waals surface area contributed by atoms with E-state index in [9.17, 15) is 0 Å². The molecule has 4 heteroatoms. The summed E-state index contributed by atoms with van der Waals surface area (Å²) in [6, 6.07) is 26.3. The number of nitrogens with zero attached hydrogens (tertiary/aromatic N) is 3. The Bertz CT molecular complexity index is 1570. The fraction of sp³-hybridized carbons (Fsp3) is 0.179. The molecular formula is C28H25N3O. The third kappa shape index (κ3) is 2.79. The van der Waals surface area contributed by atoms with Gasteiger partial charge in [-0.1, -0.05) is 56.3 Å². The second kappa shape index (κ2) is 7.13. The third-order valence-corrected chi connectivity index (χ3v) is 6.23.